The number of nitrogens with zero attached hydrogens (tertiary/aromatic N) is 2. The lowest BCUT2D eigenvalue weighted by molar-refractivity contribution is 0.00749. The molecule has 0 aliphatic carbocycles. The van der Waals surface area contributed by atoms with Crippen LogP contribution in [-0.2, 0) is 0 Å². The van der Waals surface area contributed by atoms with Gasteiger partial charge in [-0.1, -0.05) is 6.08 Å². The largest absolute Gasteiger partial charge is 0.497 e. The molecule has 0 spiro atoms. The Morgan fingerprint density at radius 1 is 1.42 bits per heavy atom. The minimum Gasteiger partial charge on any atom is -0.497 e. The lowest BCUT2D eigenvalue weighted by atomic mass is 9.73. The Morgan fingerprint density at radius 3 is 3.00 bits per heavy atom. The summed E-state index contributed by atoms with van der Waals surface area (Å²) in [5, 5.41) is 1.10. The number of methoxy groups -OCH3 is 1. The molecule has 1 aromatic heterocycles. The van der Waals surface area contributed by atoms with Crippen LogP contribution >= 0.6 is 0 Å². The average Bonchev–Trinajstić information content (AvgIpc) is 2.66. The van der Waals surface area contributed by atoms with Crippen LogP contribution in [0.2, 0.25) is 0 Å². The number of hydrogen-bond acceptors (Lipinski definition) is 4. The number of piperidine rings is 3. The fourth-order valence-corrected chi connectivity index (χ4v) is 4.52. The first-order valence-electron chi connectivity index (χ1n) is 8.76. The second-order valence-corrected chi connectivity index (χ2v) is 7.06. The van der Waals surface area contributed by atoms with Crippen molar-refractivity contribution in [3.05, 3.63) is 48.7 Å². The van der Waals surface area contributed by atoms with E-state index in [1.807, 2.05) is 18.3 Å². The van der Waals surface area contributed by atoms with Crippen LogP contribution in [0.3, 0.4) is 0 Å². The van der Waals surface area contributed by atoms with E-state index < -0.39 is 0 Å². The number of rotatable bonds is 4. The average molecular weight is 323 g/mol. The van der Waals surface area contributed by atoms with Crippen molar-refractivity contribution in [1.29, 1.82) is 0 Å². The fraction of sp³-hybridized carbons (Fsp3) is 0.450. The van der Waals surface area contributed by atoms with Crippen LogP contribution in [0, 0.1) is 11.8 Å². The molecule has 3 fully saturated rings. The van der Waals surface area contributed by atoms with Crippen molar-refractivity contribution >= 4 is 10.9 Å². The second-order valence-electron chi connectivity index (χ2n) is 7.06. The maximum Gasteiger partial charge on any atom is 0.119 e. The lowest BCUT2D eigenvalue weighted by Crippen LogP contribution is -2.56. The smallest absolute Gasteiger partial charge is 0.119 e. The summed E-state index contributed by atoms with van der Waals surface area (Å²) in [7, 11) is 1.69. The zero-order valence-electron chi connectivity index (χ0n) is 14.2. The van der Waals surface area contributed by atoms with Gasteiger partial charge in [0.25, 0.3) is 0 Å². The van der Waals surface area contributed by atoms with Crippen molar-refractivity contribution in [2.24, 2.45) is 17.6 Å². The predicted molar refractivity (Wildman–Crippen MR) is 97.0 cm³/mol. The highest BCUT2D eigenvalue weighted by Crippen LogP contribution is 2.41. The molecular weight excluding hydrogens is 298 g/mol. The third kappa shape index (κ3) is 2.50. The minimum absolute atomic E-state index is 0.00354. The van der Waals surface area contributed by atoms with Gasteiger partial charge in [-0.2, -0.15) is 0 Å². The Hall–Kier alpha value is -1.91. The summed E-state index contributed by atoms with van der Waals surface area (Å²) in [6.45, 7) is 6.26. The topological polar surface area (TPSA) is 51.4 Å². The summed E-state index contributed by atoms with van der Waals surface area (Å²) < 4.78 is 5.39. The van der Waals surface area contributed by atoms with E-state index in [4.69, 9.17) is 10.5 Å². The molecule has 24 heavy (non-hydrogen) atoms. The Balaban J connectivity index is 1.69. The molecule has 0 saturated carbocycles. The Kier molecular flexibility index (Phi) is 4.02. The molecule has 2 aromatic rings. The van der Waals surface area contributed by atoms with Gasteiger partial charge < -0.3 is 10.5 Å². The van der Waals surface area contributed by atoms with Crippen LogP contribution in [-0.4, -0.2) is 36.1 Å². The Morgan fingerprint density at radius 2 is 2.29 bits per heavy atom. The van der Waals surface area contributed by atoms with Gasteiger partial charge in [0, 0.05) is 30.2 Å². The van der Waals surface area contributed by atoms with Gasteiger partial charge >= 0.3 is 0 Å². The highest BCUT2D eigenvalue weighted by molar-refractivity contribution is 5.84. The number of nitrogens with two attached hydrogens (primary N) is 1. The van der Waals surface area contributed by atoms with E-state index in [1.54, 1.807) is 7.11 Å². The van der Waals surface area contributed by atoms with E-state index in [2.05, 4.69) is 34.7 Å². The first-order valence-corrected chi connectivity index (χ1v) is 8.76. The van der Waals surface area contributed by atoms with Gasteiger partial charge in [-0.05, 0) is 61.1 Å². The number of pyridine rings is 1. The highest BCUT2D eigenvalue weighted by atomic mass is 16.5. The van der Waals surface area contributed by atoms with Crippen molar-refractivity contribution in [2.75, 3.05) is 20.2 Å². The number of ether oxygens (including phenoxy) is 1. The zero-order valence-corrected chi connectivity index (χ0v) is 14.2. The summed E-state index contributed by atoms with van der Waals surface area (Å²) in [4.78, 5) is 7.04. The molecule has 2 N–H and O–H groups in total. The van der Waals surface area contributed by atoms with Crippen LogP contribution in [0.25, 0.3) is 10.9 Å². The number of hydrogen-bond donors (Lipinski definition) is 1. The van der Waals surface area contributed by atoms with Crippen LogP contribution < -0.4 is 10.5 Å². The summed E-state index contributed by atoms with van der Waals surface area (Å²) in [5.74, 6) is 2.20. The first kappa shape index (κ1) is 15.6. The van der Waals surface area contributed by atoms with Crippen LogP contribution in [0.1, 0.15) is 24.4 Å². The molecule has 4 heteroatoms. The molecule has 4 nitrogen and oxygen atoms in total. The molecule has 5 atom stereocenters. The predicted octanol–water partition coefficient (Wildman–Crippen LogP) is 3.14. The van der Waals surface area contributed by atoms with Gasteiger partial charge in [0.1, 0.15) is 5.75 Å². The first-order chi connectivity index (χ1) is 11.7. The molecule has 0 radical (unpaired) electrons. The maximum atomic E-state index is 6.76. The summed E-state index contributed by atoms with van der Waals surface area (Å²) in [6.07, 6.45) is 6.43. The normalized spacial score (nSPS) is 30.2. The van der Waals surface area contributed by atoms with E-state index in [9.17, 15) is 0 Å². The number of benzene rings is 1. The van der Waals surface area contributed by atoms with E-state index in [1.165, 1.54) is 12.0 Å². The lowest BCUT2D eigenvalue weighted by Gasteiger charge is -2.51. The van der Waals surface area contributed by atoms with Gasteiger partial charge in [0.15, 0.2) is 0 Å². The number of aromatic nitrogens is 1. The summed E-state index contributed by atoms with van der Waals surface area (Å²) >= 11 is 0. The van der Waals surface area contributed by atoms with E-state index in [0.29, 0.717) is 12.0 Å². The van der Waals surface area contributed by atoms with E-state index >= 15 is 0 Å². The van der Waals surface area contributed by atoms with Crippen molar-refractivity contribution in [1.82, 2.24) is 9.88 Å². The molecule has 1 unspecified atom stereocenters. The van der Waals surface area contributed by atoms with Gasteiger partial charge in [0.05, 0.1) is 12.6 Å². The second kappa shape index (κ2) is 6.19. The summed E-state index contributed by atoms with van der Waals surface area (Å²) in [5.41, 5.74) is 8.91. The standard InChI is InChI=1S/C20H25N3O/c1-3-13-12-23-9-7-14(13)10-19(23)20(21)16-6-8-22-18-5-4-15(24-2)11-17(16)18/h3-6,8,11,13-14,19-20H,1,7,9-10,12,21H2,2H3/t13-,14+,19+,20-/m0/s1. The van der Waals surface area contributed by atoms with Crippen molar-refractivity contribution < 1.29 is 4.74 Å². The maximum absolute atomic E-state index is 6.76. The molecule has 3 aliphatic heterocycles. The Bertz CT molecular complexity index is 760. The monoisotopic (exact) mass is 323 g/mol. The molecule has 5 rings (SSSR count). The van der Waals surface area contributed by atoms with Crippen LogP contribution in [0.4, 0.5) is 0 Å². The molecule has 126 valence electrons. The molecule has 2 bridgehead atoms. The molecule has 1 aromatic carbocycles. The van der Waals surface area contributed by atoms with Gasteiger partial charge in [-0.3, -0.25) is 9.88 Å². The Labute approximate surface area is 143 Å². The van der Waals surface area contributed by atoms with E-state index in [0.717, 1.165) is 42.1 Å². The minimum atomic E-state index is -0.00354. The van der Waals surface area contributed by atoms with E-state index in [-0.39, 0.29) is 6.04 Å². The molecule has 4 heterocycles. The summed E-state index contributed by atoms with van der Waals surface area (Å²) in [6, 6.07) is 8.48. The number of fused-ring (bicyclic) bond motifs is 4. The van der Waals surface area contributed by atoms with Crippen molar-refractivity contribution in [3.63, 3.8) is 0 Å². The van der Waals surface area contributed by atoms with Crippen LogP contribution in [0.5, 0.6) is 5.75 Å². The third-order valence-electron chi connectivity index (χ3n) is 5.91. The molecular formula is C20H25N3O. The van der Waals surface area contributed by atoms with Gasteiger partial charge in [0.2, 0.25) is 0 Å². The fourth-order valence-electron chi connectivity index (χ4n) is 4.52. The third-order valence-corrected chi connectivity index (χ3v) is 5.91. The quantitative estimate of drug-likeness (QED) is 0.878. The SMILES string of the molecule is C=C[C@H]1CN2CC[C@@H]1C[C@@H]2[C@@H](N)c1ccnc2ccc(OC)cc12. The van der Waals surface area contributed by atoms with Crippen molar-refractivity contribution in [3.8, 4) is 5.75 Å². The highest BCUT2D eigenvalue weighted by Gasteiger charge is 2.41. The zero-order chi connectivity index (χ0) is 16.7. The molecule has 3 aliphatic rings. The molecule has 0 amide bonds. The van der Waals surface area contributed by atoms with Crippen LogP contribution in [0.15, 0.2) is 43.1 Å². The van der Waals surface area contributed by atoms with Gasteiger partial charge in [-0.15, -0.1) is 6.58 Å². The molecule has 3 saturated heterocycles. The van der Waals surface area contributed by atoms with Gasteiger partial charge in [-0.25, -0.2) is 0 Å². The van der Waals surface area contributed by atoms with Crippen molar-refractivity contribution in [2.45, 2.75) is 24.9 Å².